The number of nitrogens with one attached hydrogen (secondary N) is 2. The Hall–Kier alpha value is -8.41. The summed E-state index contributed by atoms with van der Waals surface area (Å²) in [5.41, 5.74) is 23.6. The lowest BCUT2D eigenvalue weighted by molar-refractivity contribution is -0.141. The third kappa shape index (κ3) is 14.2. The Morgan fingerprint density at radius 3 is 1.20 bits per heavy atom. The Morgan fingerprint density at radius 1 is 0.487 bits per heavy atom. The van der Waals surface area contributed by atoms with E-state index >= 15 is 0 Å². The van der Waals surface area contributed by atoms with Crippen LogP contribution >= 0.6 is 0 Å². The van der Waals surface area contributed by atoms with Crippen LogP contribution in [0.3, 0.4) is 0 Å². The van der Waals surface area contributed by atoms with Crippen LogP contribution < -0.4 is 0 Å². The van der Waals surface area contributed by atoms with Crippen LogP contribution in [0.1, 0.15) is 109 Å². The van der Waals surface area contributed by atoms with Crippen LogP contribution in [0.2, 0.25) is 39.3 Å². The Bertz CT molecular complexity index is 3600. The molecule has 7 rings (SSSR count). The molecule has 80 heavy (non-hydrogen) atoms. The molecule has 0 spiro atoms. The number of carbonyl (C=O) groups is 4. The first kappa shape index (κ1) is 59.3. The van der Waals surface area contributed by atoms with Gasteiger partial charge in [-0.15, -0.1) is 11.1 Å². The molecular formula is C66H70N4O8Si2. The SMILES string of the molecule is COC(=O)CCC1=C(C)c2nc1cc1nc(c(-c3cccc(C#CC#C[Si](C)(C)C)c3)c3[nH]c(cc4[nH]c(c(C)c4CCC(=O)OC)c2-c2cccc(C#CC#C[Si](C)(C)C)c2)c(CCC(=O)OC)c3C)C(C)=C1CCC(=O)OC. The van der Waals surface area contributed by atoms with E-state index in [-0.39, 0.29) is 49.6 Å². The van der Waals surface area contributed by atoms with Crippen LogP contribution in [0.4, 0.5) is 0 Å². The number of carbonyl (C=O) groups excluding carboxylic acids is 4. The normalized spacial score (nSPS) is 12.0. The maximum atomic E-state index is 13.0. The summed E-state index contributed by atoms with van der Waals surface area (Å²) in [5.74, 6) is 17.4. The van der Waals surface area contributed by atoms with Gasteiger partial charge in [-0.1, -0.05) is 75.4 Å². The molecule has 2 N–H and O–H groups in total. The number of hydrogen-bond acceptors (Lipinski definition) is 10. The van der Waals surface area contributed by atoms with E-state index in [1.54, 1.807) is 0 Å². The van der Waals surface area contributed by atoms with Crippen LogP contribution in [0.5, 0.6) is 0 Å². The van der Waals surface area contributed by atoms with E-state index in [2.05, 4.69) is 102 Å². The summed E-state index contributed by atoms with van der Waals surface area (Å²) in [4.78, 5) is 71.0. The van der Waals surface area contributed by atoms with Crippen molar-refractivity contribution in [3.05, 3.63) is 117 Å². The van der Waals surface area contributed by atoms with E-state index in [9.17, 15) is 19.2 Å². The number of fused-ring (bicyclic) bond motifs is 8. The van der Waals surface area contributed by atoms with Crippen LogP contribution in [0.25, 0.3) is 66.6 Å². The quantitative estimate of drug-likeness (QED) is 0.0474. The lowest BCUT2D eigenvalue weighted by atomic mass is 9.93. The number of hydrogen-bond donors (Lipinski definition) is 2. The second kappa shape index (κ2) is 25.6. The van der Waals surface area contributed by atoms with Gasteiger partial charge in [0.1, 0.15) is 16.1 Å². The zero-order chi connectivity index (χ0) is 58.1. The fourth-order valence-electron chi connectivity index (χ4n) is 9.81. The smallest absolute Gasteiger partial charge is 0.305 e. The van der Waals surface area contributed by atoms with Gasteiger partial charge in [0.15, 0.2) is 0 Å². The number of H-pyrrole nitrogens is 2. The standard InChI is InChI=1S/C66H70N4O8Si2/c1-41-49(27-31-57(71)75-5)53-39-54-51(29-33-59(73)77-7)43(3)65(69-54)62(48-26-20-24-46(38-48)22-16-18-36-80(12,13)14)66-44(4)52(30-34-60(74)78-8)56(70-66)40-55-50(28-32-58(72)76-6)42(2)64(68-55)61(63(41)67-53)47-25-19-23-45(37-47)21-15-17-35-79(9,10)11/h19-20,23-26,37-40,67,69H,27-34H2,1-14H3. The highest BCUT2D eigenvalue weighted by molar-refractivity contribution is 6.84. The van der Waals surface area contributed by atoms with Gasteiger partial charge in [-0.2, -0.15) is 0 Å². The van der Waals surface area contributed by atoms with Crippen molar-refractivity contribution >= 4 is 84.4 Å². The summed E-state index contributed by atoms with van der Waals surface area (Å²) < 4.78 is 20.8. The molecule has 5 heterocycles. The van der Waals surface area contributed by atoms with Gasteiger partial charge in [0.25, 0.3) is 0 Å². The van der Waals surface area contributed by atoms with E-state index in [0.29, 0.717) is 48.5 Å². The van der Waals surface area contributed by atoms with Gasteiger partial charge in [0, 0.05) is 59.0 Å². The number of allylic oxidation sites excluding steroid dienone is 4. The molecule has 0 saturated carbocycles. The average molecular weight is 1100 g/mol. The Labute approximate surface area is 472 Å². The van der Waals surface area contributed by atoms with Crippen molar-refractivity contribution in [1.29, 1.82) is 0 Å². The van der Waals surface area contributed by atoms with Gasteiger partial charge in [-0.25, -0.2) is 9.97 Å². The minimum atomic E-state index is -1.68. The third-order valence-corrected chi connectivity index (χ3v) is 15.8. The summed E-state index contributed by atoms with van der Waals surface area (Å²) in [6.07, 6.45) is 1.64. The number of benzene rings is 2. The monoisotopic (exact) mass is 1100 g/mol. The van der Waals surface area contributed by atoms with Crippen molar-refractivity contribution in [2.45, 2.75) is 118 Å². The molecule has 14 heteroatoms. The predicted octanol–water partition coefficient (Wildman–Crippen LogP) is 12.7. The number of ether oxygens (including phenoxy) is 4. The van der Waals surface area contributed by atoms with Gasteiger partial charge in [0.05, 0.1) is 62.2 Å². The molecule has 410 valence electrons. The molecule has 2 aliphatic rings. The van der Waals surface area contributed by atoms with Crippen molar-refractivity contribution in [1.82, 2.24) is 19.9 Å². The highest BCUT2D eigenvalue weighted by Crippen LogP contribution is 2.45. The van der Waals surface area contributed by atoms with E-state index in [0.717, 1.165) is 100.0 Å². The molecule has 2 aliphatic heterocycles. The minimum absolute atomic E-state index is 0.0851. The van der Waals surface area contributed by atoms with E-state index in [1.807, 2.05) is 82.3 Å². The van der Waals surface area contributed by atoms with Crippen LogP contribution in [-0.2, 0) is 51.0 Å². The number of aromatic nitrogens is 4. The summed E-state index contributed by atoms with van der Waals surface area (Å²) in [6, 6.07) is 20.0. The van der Waals surface area contributed by atoms with E-state index in [4.69, 9.17) is 28.9 Å². The number of rotatable bonds is 14. The van der Waals surface area contributed by atoms with Gasteiger partial charge in [-0.05, 0) is 169 Å². The largest absolute Gasteiger partial charge is 0.469 e. The molecule has 0 amide bonds. The van der Waals surface area contributed by atoms with Crippen LogP contribution in [0.15, 0.2) is 60.7 Å². The molecule has 0 aliphatic carbocycles. The second-order valence-electron chi connectivity index (χ2n) is 21.9. The fraction of sp³-hybridized carbons (Fsp3) is 0.333. The Kier molecular flexibility index (Phi) is 19.0. The Morgan fingerprint density at radius 2 is 0.850 bits per heavy atom. The highest BCUT2D eigenvalue weighted by Gasteiger charge is 2.28. The maximum absolute atomic E-state index is 13.0. The topological polar surface area (TPSA) is 163 Å². The molecule has 0 saturated heterocycles. The Balaban J connectivity index is 1.74. The second-order valence-corrected chi connectivity index (χ2v) is 31.4. The highest BCUT2D eigenvalue weighted by atomic mass is 28.3. The number of aryl methyl sites for hydroxylation is 4. The maximum Gasteiger partial charge on any atom is 0.305 e. The van der Waals surface area contributed by atoms with Gasteiger partial charge < -0.3 is 28.9 Å². The first-order valence-electron chi connectivity index (χ1n) is 26.8. The van der Waals surface area contributed by atoms with Crippen LogP contribution in [0, 0.1) is 60.5 Å². The summed E-state index contributed by atoms with van der Waals surface area (Å²) in [5, 5.41) is 0. The van der Waals surface area contributed by atoms with Crippen molar-refractivity contribution in [3.8, 4) is 68.9 Å². The van der Waals surface area contributed by atoms with Gasteiger partial charge >= 0.3 is 23.9 Å². The number of nitrogens with zero attached hydrogens (tertiary/aromatic N) is 2. The number of esters is 4. The van der Waals surface area contributed by atoms with E-state index < -0.39 is 16.1 Å². The molecule has 2 aromatic carbocycles. The number of aromatic amines is 2. The van der Waals surface area contributed by atoms with Crippen molar-refractivity contribution < 1.29 is 38.1 Å². The summed E-state index contributed by atoms with van der Waals surface area (Å²) >= 11 is 0. The van der Waals surface area contributed by atoms with Crippen molar-refractivity contribution in [3.63, 3.8) is 0 Å². The lowest BCUT2D eigenvalue weighted by Gasteiger charge is -2.10. The molecule has 0 radical (unpaired) electrons. The molecular weight excluding hydrogens is 1030 g/mol. The molecule has 3 aromatic heterocycles. The van der Waals surface area contributed by atoms with Crippen molar-refractivity contribution in [2.24, 2.45) is 0 Å². The summed E-state index contributed by atoms with van der Waals surface area (Å²) in [6.45, 7) is 21.2. The summed E-state index contributed by atoms with van der Waals surface area (Å²) in [7, 11) is 2.17. The van der Waals surface area contributed by atoms with Crippen LogP contribution in [-0.4, -0.2) is 88.4 Å². The number of methoxy groups -OCH3 is 4. The first-order valence-corrected chi connectivity index (χ1v) is 33.8. The fourth-order valence-corrected chi connectivity index (χ4v) is 10.7. The first-order chi connectivity index (χ1) is 38.0. The predicted molar refractivity (Wildman–Crippen MR) is 325 cm³/mol. The minimum Gasteiger partial charge on any atom is -0.469 e. The average Bonchev–Trinajstić information content (AvgIpc) is 4.15. The molecule has 12 nitrogen and oxygen atoms in total. The molecule has 8 bridgehead atoms. The zero-order valence-electron chi connectivity index (χ0n) is 48.6. The zero-order valence-corrected chi connectivity index (χ0v) is 50.6. The lowest BCUT2D eigenvalue weighted by Crippen LogP contribution is -2.16. The molecule has 0 fully saturated rings. The van der Waals surface area contributed by atoms with Gasteiger partial charge in [-0.3, -0.25) is 19.2 Å². The van der Waals surface area contributed by atoms with Crippen molar-refractivity contribution in [2.75, 3.05) is 28.4 Å². The van der Waals surface area contributed by atoms with Gasteiger partial charge in [0.2, 0.25) is 0 Å². The van der Waals surface area contributed by atoms with E-state index in [1.165, 1.54) is 28.4 Å². The molecule has 0 unspecified atom stereocenters. The molecule has 0 atom stereocenters. The third-order valence-electron chi connectivity index (χ3n) is 14.0. The molecule has 5 aromatic rings.